The topological polar surface area (TPSA) is 72.2 Å². The van der Waals surface area contributed by atoms with Crippen molar-refractivity contribution in [1.29, 1.82) is 0 Å². The molecule has 27 heavy (non-hydrogen) atoms. The van der Waals surface area contributed by atoms with Gasteiger partial charge in [0.05, 0.1) is 22.3 Å². The molecule has 1 heterocycles. The number of aromatic nitrogens is 2. The summed E-state index contributed by atoms with van der Waals surface area (Å²) in [6.07, 6.45) is 0. The summed E-state index contributed by atoms with van der Waals surface area (Å²) < 4.78 is 14.5. The van der Waals surface area contributed by atoms with Gasteiger partial charge in [0.15, 0.2) is 0 Å². The Hall–Kier alpha value is -3.80. The maximum Gasteiger partial charge on any atom is 0.335 e. The van der Waals surface area contributed by atoms with Gasteiger partial charge in [-0.1, -0.05) is 24.3 Å². The van der Waals surface area contributed by atoms with Crippen molar-refractivity contribution in [3.05, 3.63) is 94.5 Å². The first-order valence-corrected chi connectivity index (χ1v) is 8.16. The SMILES string of the molecule is O=C(O)c1cccc(-n2nc(-c3ccc(F)cc3)c3ccccc3c2=O)c1. The summed E-state index contributed by atoms with van der Waals surface area (Å²) in [4.78, 5) is 24.2. The van der Waals surface area contributed by atoms with Crippen molar-refractivity contribution in [2.24, 2.45) is 0 Å². The fourth-order valence-corrected chi connectivity index (χ4v) is 2.96. The lowest BCUT2D eigenvalue weighted by Crippen LogP contribution is -2.22. The summed E-state index contributed by atoms with van der Waals surface area (Å²) in [7, 11) is 0. The largest absolute Gasteiger partial charge is 0.478 e. The molecule has 0 spiro atoms. The molecule has 0 unspecified atom stereocenters. The molecule has 0 aliphatic rings. The van der Waals surface area contributed by atoms with Crippen LogP contribution in [0.4, 0.5) is 4.39 Å². The second kappa shape index (κ2) is 6.49. The van der Waals surface area contributed by atoms with Crippen LogP contribution in [0.3, 0.4) is 0 Å². The number of benzene rings is 3. The van der Waals surface area contributed by atoms with Gasteiger partial charge in [-0.3, -0.25) is 4.79 Å². The smallest absolute Gasteiger partial charge is 0.335 e. The summed E-state index contributed by atoms with van der Waals surface area (Å²) >= 11 is 0. The number of aromatic carboxylic acids is 1. The highest BCUT2D eigenvalue weighted by Crippen LogP contribution is 2.25. The van der Waals surface area contributed by atoms with Gasteiger partial charge in [0.2, 0.25) is 0 Å². The molecule has 5 nitrogen and oxygen atoms in total. The zero-order chi connectivity index (χ0) is 19.0. The van der Waals surface area contributed by atoms with Crippen LogP contribution in [-0.4, -0.2) is 20.9 Å². The predicted molar refractivity (Wildman–Crippen MR) is 99.7 cm³/mol. The van der Waals surface area contributed by atoms with Crippen molar-refractivity contribution in [2.45, 2.75) is 0 Å². The Morgan fingerprint density at radius 3 is 2.33 bits per heavy atom. The first-order chi connectivity index (χ1) is 13.0. The summed E-state index contributed by atoms with van der Waals surface area (Å²) in [6, 6.07) is 18.8. The van der Waals surface area contributed by atoms with E-state index in [1.807, 2.05) is 0 Å². The molecule has 0 saturated carbocycles. The molecule has 0 fully saturated rings. The van der Waals surface area contributed by atoms with Gasteiger partial charge in [-0.05, 0) is 48.5 Å². The van der Waals surface area contributed by atoms with Gasteiger partial charge in [0, 0.05) is 10.9 Å². The van der Waals surface area contributed by atoms with Gasteiger partial charge in [-0.2, -0.15) is 9.78 Å². The minimum absolute atomic E-state index is 0.0534. The van der Waals surface area contributed by atoms with Crippen molar-refractivity contribution < 1.29 is 14.3 Å². The van der Waals surface area contributed by atoms with E-state index in [4.69, 9.17) is 0 Å². The maximum atomic E-state index is 13.3. The van der Waals surface area contributed by atoms with E-state index in [2.05, 4.69) is 5.10 Å². The molecular formula is C21H13FN2O3. The number of hydrogen-bond donors (Lipinski definition) is 1. The standard InChI is InChI=1S/C21H13FN2O3/c22-15-10-8-13(9-11-15)19-17-6-1-2-7-18(17)20(25)24(23-19)16-5-3-4-14(12-16)21(26)27/h1-12H,(H,26,27). The zero-order valence-corrected chi connectivity index (χ0v) is 14.0. The lowest BCUT2D eigenvalue weighted by atomic mass is 10.0. The first kappa shape index (κ1) is 16.7. The lowest BCUT2D eigenvalue weighted by Gasteiger charge is -2.12. The predicted octanol–water partition coefficient (Wildman–Crippen LogP) is 3.89. The van der Waals surface area contributed by atoms with Crippen LogP contribution in [-0.2, 0) is 0 Å². The number of rotatable bonds is 3. The minimum Gasteiger partial charge on any atom is -0.478 e. The van der Waals surface area contributed by atoms with Gasteiger partial charge in [0.25, 0.3) is 5.56 Å². The molecule has 0 atom stereocenters. The molecule has 0 bridgehead atoms. The van der Waals surface area contributed by atoms with Gasteiger partial charge >= 0.3 is 5.97 Å². The monoisotopic (exact) mass is 360 g/mol. The zero-order valence-electron chi connectivity index (χ0n) is 14.0. The highest BCUT2D eigenvalue weighted by atomic mass is 19.1. The van der Waals surface area contributed by atoms with Crippen LogP contribution in [0.1, 0.15) is 10.4 Å². The van der Waals surface area contributed by atoms with E-state index in [-0.39, 0.29) is 16.9 Å². The number of nitrogens with zero attached hydrogens (tertiary/aromatic N) is 2. The van der Waals surface area contributed by atoms with Crippen molar-refractivity contribution in [1.82, 2.24) is 9.78 Å². The summed E-state index contributed by atoms with van der Waals surface area (Å²) in [5.74, 6) is -1.46. The molecule has 0 radical (unpaired) electrons. The van der Waals surface area contributed by atoms with Gasteiger partial charge in [-0.15, -0.1) is 0 Å². The number of carboxylic acid groups (broad SMARTS) is 1. The average molecular weight is 360 g/mol. The molecule has 1 N–H and O–H groups in total. The average Bonchev–Trinajstić information content (AvgIpc) is 2.69. The quantitative estimate of drug-likeness (QED) is 0.602. The van der Waals surface area contributed by atoms with Gasteiger partial charge in [0.1, 0.15) is 5.82 Å². The molecule has 0 aliphatic heterocycles. The summed E-state index contributed by atoms with van der Waals surface area (Å²) in [5.41, 5.74) is 1.19. The summed E-state index contributed by atoms with van der Waals surface area (Å²) in [5, 5.41) is 14.7. The Morgan fingerprint density at radius 1 is 0.926 bits per heavy atom. The van der Waals surface area contributed by atoms with Crippen LogP contribution in [0.15, 0.2) is 77.6 Å². The second-order valence-corrected chi connectivity index (χ2v) is 5.97. The number of hydrogen-bond acceptors (Lipinski definition) is 3. The Bertz CT molecular complexity index is 1230. The van der Waals surface area contributed by atoms with Crippen LogP contribution >= 0.6 is 0 Å². The normalized spacial score (nSPS) is 10.9. The van der Waals surface area contributed by atoms with Gasteiger partial charge < -0.3 is 5.11 Å². The van der Waals surface area contributed by atoms with Crippen LogP contribution in [0, 0.1) is 5.82 Å². The highest BCUT2D eigenvalue weighted by molar-refractivity contribution is 5.94. The molecule has 0 amide bonds. The Balaban J connectivity index is 2.04. The van der Waals surface area contributed by atoms with Crippen molar-refractivity contribution in [2.75, 3.05) is 0 Å². The van der Waals surface area contributed by atoms with Crippen LogP contribution < -0.4 is 5.56 Å². The molecule has 4 rings (SSSR count). The van der Waals surface area contributed by atoms with Crippen molar-refractivity contribution >= 4 is 16.7 Å². The third kappa shape index (κ3) is 2.97. The number of carbonyl (C=O) groups is 1. The third-order valence-corrected chi connectivity index (χ3v) is 4.26. The van der Waals surface area contributed by atoms with E-state index >= 15 is 0 Å². The maximum absolute atomic E-state index is 13.3. The molecule has 0 saturated heterocycles. The van der Waals surface area contributed by atoms with Crippen LogP contribution in [0.2, 0.25) is 0 Å². The summed E-state index contributed by atoms with van der Waals surface area (Å²) in [6.45, 7) is 0. The van der Waals surface area contributed by atoms with Crippen molar-refractivity contribution in [3.8, 4) is 16.9 Å². The highest BCUT2D eigenvalue weighted by Gasteiger charge is 2.14. The lowest BCUT2D eigenvalue weighted by molar-refractivity contribution is 0.0697. The Kier molecular flexibility index (Phi) is 4.01. The van der Waals surface area contributed by atoms with Gasteiger partial charge in [-0.25, -0.2) is 9.18 Å². The van der Waals surface area contributed by atoms with E-state index in [1.54, 1.807) is 48.5 Å². The Labute approximate surface area is 152 Å². The fourth-order valence-electron chi connectivity index (χ4n) is 2.96. The van der Waals surface area contributed by atoms with Crippen LogP contribution in [0.5, 0.6) is 0 Å². The Morgan fingerprint density at radius 2 is 1.63 bits per heavy atom. The molecule has 3 aromatic carbocycles. The van der Waals surface area contributed by atoms with E-state index in [0.717, 1.165) is 0 Å². The molecule has 6 heteroatoms. The minimum atomic E-state index is -1.09. The number of fused-ring (bicyclic) bond motifs is 1. The molecule has 1 aromatic heterocycles. The molecule has 132 valence electrons. The number of halogens is 1. The number of carboxylic acids is 1. The molecular weight excluding hydrogens is 347 g/mol. The van der Waals surface area contributed by atoms with E-state index in [0.29, 0.717) is 27.7 Å². The van der Waals surface area contributed by atoms with E-state index in [9.17, 15) is 19.1 Å². The van der Waals surface area contributed by atoms with E-state index in [1.165, 1.54) is 28.9 Å². The van der Waals surface area contributed by atoms with Crippen LogP contribution in [0.25, 0.3) is 27.7 Å². The van der Waals surface area contributed by atoms with Crippen molar-refractivity contribution in [3.63, 3.8) is 0 Å². The molecule has 0 aliphatic carbocycles. The first-order valence-electron chi connectivity index (χ1n) is 8.16. The fraction of sp³-hybridized carbons (Fsp3) is 0. The molecule has 4 aromatic rings. The van der Waals surface area contributed by atoms with E-state index < -0.39 is 5.97 Å². The second-order valence-electron chi connectivity index (χ2n) is 5.97. The third-order valence-electron chi connectivity index (χ3n) is 4.26.